The molecule has 0 atom stereocenters. The predicted molar refractivity (Wildman–Crippen MR) is 124 cm³/mol. The fourth-order valence-electron chi connectivity index (χ4n) is 4.51. The normalized spacial score (nSPS) is 15.2. The lowest BCUT2D eigenvalue weighted by Gasteiger charge is -2.27. The molecule has 5 nitrogen and oxygen atoms in total. The van der Waals surface area contributed by atoms with Crippen molar-refractivity contribution in [2.45, 2.75) is 72.3 Å². The molecule has 1 amide bonds. The summed E-state index contributed by atoms with van der Waals surface area (Å²) >= 11 is 1.64. The molecule has 0 saturated heterocycles. The number of carbonyl (C=O) groups is 1. The van der Waals surface area contributed by atoms with E-state index in [4.69, 9.17) is 4.98 Å². The number of para-hydroxylation sites is 1. The second-order valence-electron chi connectivity index (χ2n) is 8.82. The highest BCUT2D eigenvalue weighted by atomic mass is 32.1. The Morgan fingerprint density at radius 3 is 2.67 bits per heavy atom. The zero-order valence-corrected chi connectivity index (χ0v) is 19.3. The van der Waals surface area contributed by atoms with Gasteiger partial charge in [-0.3, -0.25) is 14.4 Å². The number of fused-ring (bicyclic) bond motifs is 1. The predicted octanol–water partition coefficient (Wildman–Crippen LogP) is 5.85. The van der Waals surface area contributed by atoms with E-state index in [1.54, 1.807) is 11.3 Å². The average Bonchev–Trinajstić information content (AvgIpc) is 3.30. The van der Waals surface area contributed by atoms with Gasteiger partial charge in [-0.2, -0.15) is 5.10 Å². The van der Waals surface area contributed by atoms with E-state index in [0.717, 1.165) is 52.4 Å². The lowest BCUT2D eigenvalue weighted by Crippen LogP contribution is -2.39. The van der Waals surface area contributed by atoms with Gasteiger partial charge in [-0.1, -0.05) is 56.6 Å². The van der Waals surface area contributed by atoms with Crippen molar-refractivity contribution in [1.29, 1.82) is 0 Å². The maximum atomic E-state index is 13.6. The van der Waals surface area contributed by atoms with E-state index in [0.29, 0.717) is 19.0 Å². The Morgan fingerprint density at radius 1 is 1.23 bits per heavy atom. The summed E-state index contributed by atoms with van der Waals surface area (Å²) in [7, 11) is 0. The third-order valence-electron chi connectivity index (χ3n) is 6.15. The van der Waals surface area contributed by atoms with Crippen molar-refractivity contribution >= 4 is 32.6 Å². The number of aryl methyl sites for hydroxylation is 2. The van der Waals surface area contributed by atoms with Gasteiger partial charge in [0.25, 0.3) is 0 Å². The molecule has 0 aliphatic heterocycles. The standard InChI is InChI=1S/C24H32N4OS/c1-16(2)20-11-8-12-21-22(20)25-24(30-21)27(23(29)19-9-6-5-7-10-19)13-14-28-18(4)15-17(3)26-28/h8,11-12,15-16,19H,5-7,9-10,13-14H2,1-4H3. The van der Waals surface area contributed by atoms with Crippen LogP contribution in [0.2, 0.25) is 0 Å². The van der Waals surface area contributed by atoms with Crippen molar-refractivity contribution in [3.8, 4) is 0 Å². The number of rotatable bonds is 6. The Balaban J connectivity index is 1.67. The van der Waals surface area contributed by atoms with Crippen molar-refractivity contribution in [3.05, 3.63) is 41.2 Å². The zero-order chi connectivity index (χ0) is 21.3. The summed E-state index contributed by atoms with van der Waals surface area (Å²) in [6.45, 7) is 9.76. The molecule has 2 aromatic heterocycles. The molecule has 2 heterocycles. The van der Waals surface area contributed by atoms with Crippen LogP contribution >= 0.6 is 11.3 Å². The Bertz CT molecular complexity index is 1030. The molecule has 1 aromatic carbocycles. The number of anilines is 1. The van der Waals surface area contributed by atoms with Crippen LogP contribution in [-0.2, 0) is 11.3 Å². The number of thiazole rings is 1. The van der Waals surface area contributed by atoms with Gasteiger partial charge in [0.05, 0.1) is 22.5 Å². The lowest BCUT2D eigenvalue weighted by molar-refractivity contribution is -0.123. The van der Waals surface area contributed by atoms with Crippen molar-refractivity contribution < 1.29 is 4.79 Å². The first-order valence-corrected chi connectivity index (χ1v) is 12.0. The molecule has 0 unspecified atom stereocenters. The number of nitrogens with zero attached hydrogens (tertiary/aromatic N) is 4. The molecule has 0 radical (unpaired) electrons. The number of amides is 1. The topological polar surface area (TPSA) is 51.0 Å². The third kappa shape index (κ3) is 4.29. The molecule has 1 aliphatic carbocycles. The van der Waals surface area contributed by atoms with Crippen LogP contribution in [0, 0.1) is 19.8 Å². The third-order valence-corrected chi connectivity index (χ3v) is 7.19. The highest BCUT2D eigenvalue weighted by Gasteiger charge is 2.29. The number of benzene rings is 1. The van der Waals surface area contributed by atoms with Crippen LogP contribution in [0.3, 0.4) is 0 Å². The summed E-state index contributed by atoms with van der Waals surface area (Å²) < 4.78 is 3.16. The van der Waals surface area contributed by atoms with Crippen molar-refractivity contribution in [2.75, 3.05) is 11.4 Å². The molecule has 3 aromatic rings. The molecular formula is C24H32N4OS. The highest BCUT2D eigenvalue weighted by molar-refractivity contribution is 7.22. The monoisotopic (exact) mass is 424 g/mol. The Hall–Kier alpha value is -2.21. The van der Waals surface area contributed by atoms with Gasteiger partial charge in [0.1, 0.15) is 0 Å². The zero-order valence-electron chi connectivity index (χ0n) is 18.5. The summed E-state index contributed by atoms with van der Waals surface area (Å²) in [5.41, 5.74) is 4.43. The molecule has 1 aliphatic rings. The minimum absolute atomic E-state index is 0.121. The van der Waals surface area contributed by atoms with Crippen LogP contribution in [0.15, 0.2) is 24.3 Å². The molecule has 6 heteroatoms. The SMILES string of the molecule is Cc1cc(C)n(CCN(C(=O)C2CCCCC2)c2nc3c(C(C)C)cccc3s2)n1. The van der Waals surface area contributed by atoms with E-state index in [-0.39, 0.29) is 11.8 Å². The van der Waals surface area contributed by atoms with Gasteiger partial charge in [0, 0.05) is 18.2 Å². The number of aromatic nitrogens is 3. The summed E-state index contributed by atoms with van der Waals surface area (Å²) in [5, 5.41) is 5.42. The van der Waals surface area contributed by atoms with Gasteiger partial charge in [0.15, 0.2) is 5.13 Å². The van der Waals surface area contributed by atoms with Gasteiger partial charge in [0.2, 0.25) is 5.91 Å². The van der Waals surface area contributed by atoms with Gasteiger partial charge < -0.3 is 0 Å². The molecule has 0 N–H and O–H groups in total. The van der Waals surface area contributed by atoms with E-state index < -0.39 is 0 Å². The summed E-state index contributed by atoms with van der Waals surface area (Å²) in [6, 6.07) is 8.45. The minimum atomic E-state index is 0.121. The van der Waals surface area contributed by atoms with E-state index in [9.17, 15) is 4.79 Å². The number of carbonyl (C=O) groups excluding carboxylic acids is 1. The summed E-state index contributed by atoms with van der Waals surface area (Å²) in [5.74, 6) is 0.762. The Kier molecular flexibility index (Phi) is 6.23. The van der Waals surface area contributed by atoms with Crippen LogP contribution < -0.4 is 4.90 Å². The van der Waals surface area contributed by atoms with Crippen LogP contribution in [0.25, 0.3) is 10.2 Å². The van der Waals surface area contributed by atoms with E-state index in [2.05, 4.69) is 50.1 Å². The fraction of sp³-hybridized carbons (Fsp3) is 0.542. The van der Waals surface area contributed by atoms with E-state index >= 15 is 0 Å². The maximum Gasteiger partial charge on any atom is 0.231 e. The van der Waals surface area contributed by atoms with Crippen molar-refractivity contribution in [2.24, 2.45) is 5.92 Å². The van der Waals surface area contributed by atoms with Crippen LogP contribution in [0.4, 0.5) is 5.13 Å². The average molecular weight is 425 g/mol. The minimum Gasteiger partial charge on any atom is -0.286 e. The van der Waals surface area contributed by atoms with Gasteiger partial charge >= 0.3 is 0 Å². The molecule has 4 rings (SSSR count). The van der Waals surface area contributed by atoms with Crippen LogP contribution in [-0.4, -0.2) is 27.2 Å². The van der Waals surface area contributed by atoms with E-state index in [1.165, 1.54) is 12.0 Å². The molecular weight excluding hydrogens is 392 g/mol. The Morgan fingerprint density at radius 2 is 2.00 bits per heavy atom. The maximum absolute atomic E-state index is 13.6. The molecule has 0 spiro atoms. The second kappa shape index (κ2) is 8.88. The highest BCUT2D eigenvalue weighted by Crippen LogP contribution is 2.35. The van der Waals surface area contributed by atoms with Gasteiger partial charge in [-0.15, -0.1) is 0 Å². The number of hydrogen-bond donors (Lipinski definition) is 0. The first kappa shape index (κ1) is 21.0. The van der Waals surface area contributed by atoms with E-state index in [1.807, 2.05) is 16.5 Å². The second-order valence-corrected chi connectivity index (χ2v) is 9.83. The molecule has 30 heavy (non-hydrogen) atoms. The van der Waals surface area contributed by atoms with Gasteiger partial charge in [-0.05, 0) is 50.3 Å². The first-order chi connectivity index (χ1) is 14.4. The summed E-state index contributed by atoms with van der Waals surface area (Å²) in [4.78, 5) is 20.5. The van der Waals surface area contributed by atoms with Gasteiger partial charge in [-0.25, -0.2) is 4.98 Å². The Labute approximate surface area is 183 Å². The lowest BCUT2D eigenvalue weighted by atomic mass is 9.88. The molecule has 1 fully saturated rings. The fourth-order valence-corrected chi connectivity index (χ4v) is 5.54. The van der Waals surface area contributed by atoms with Crippen molar-refractivity contribution in [3.63, 3.8) is 0 Å². The largest absolute Gasteiger partial charge is 0.286 e. The van der Waals surface area contributed by atoms with Crippen molar-refractivity contribution in [1.82, 2.24) is 14.8 Å². The van der Waals surface area contributed by atoms with Crippen LogP contribution in [0.5, 0.6) is 0 Å². The van der Waals surface area contributed by atoms with Crippen LogP contribution in [0.1, 0.15) is 68.8 Å². The number of hydrogen-bond acceptors (Lipinski definition) is 4. The first-order valence-electron chi connectivity index (χ1n) is 11.2. The smallest absolute Gasteiger partial charge is 0.231 e. The quantitative estimate of drug-likeness (QED) is 0.499. The molecule has 0 bridgehead atoms. The molecule has 160 valence electrons. The molecule has 1 saturated carbocycles. The summed E-state index contributed by atoms with van der Waals surface area (Å²) in [6.07, 6.45) is 5.54.